The van der Waals surface area contributed by atoms with Gasteiger partial charge in [-0.25, -0.2) is 4.39 Å². The first kappa shape index (κ1) is 12.5. The molecule has 1 aromatic heterocycles. The molecule has 18 heavy (non-hydrogen) atoms. The van der Waals surface area contributed by atoms with Crippen LogP contribution in [0.2, 0.25) is 5.02 Å². The monoisotopic (exact) mass is 272 g/mol. The second kappa shape index (κ2) is 4.73. The molecule has 0 amide bonds. The number of halogens is 2. The molecule has 2 N–H and O–H groups in total. The summed E-state index contributed by atoms with van der Waals surface area (Å²) in [7, 11) is 2.80. The van der Waals surface area contributed by atoms with Gasteiger partial charge in [-0.15, -0.1) is 0 Å². The zero-order valence-corrected chi connectivity index (χ0v) is 10.4. The molecule has 96 valence electrons. The van der Waals surface area contributed by atoms with Gasteiger partial charge in [0.15, 0.2) is 17.3 Å². The summed E-state index contributed by atoms with van der Waals surface area (Å²) in [5, 5.41) is 3.44. The molecule has 0 atom stereocenters. The summed E-state index contributed by atoms with van der Waals surface area (Å²) >= 11 is 5.87. The van der Waals surface area contributed by atoms with E-state index in [1.54, 1.807) is 0 Å². The molecule has 0 saturated heterocycles. The molecular weight excluding hydrogens is 263 g/mol. The van der Waals surface area contributed by atoms with Crippen molar-refractivity contribution in [2.24, 2.45) is 0 Å². The molecule has 2 aromatic rings. The van der Waals surface area contributed by atoms with E-state index in [4.69, 9.17) is 26.8 Å². The molecule has 0 aliphatic carbocycles. The van der Waals surface area contributed by atoms with Crippen molar-refractivity contribution in [1.82, 2.24) is 5.16 Å². The van der Waals surface area contributed by atoms with E-state index in [2.05, 4.69) is 9.68 Å². The van der Waals surface area contributed by atoms with E-state index < -0.39 is 5.82 Å². The lowest BCUT2D eigenvalue weighted by molar-refractivity contribution is 0.353. The van der Waals surface area contributed by atoms with Crippen molar-refractivity contribution < 1.29 is 18.4 Å². The first-order chi connectivity index (χ1) is 8.58. The fraction of sp³-hybridized carbons (Fsp3) is 0.182. The molecule has 0 fully saturated rings. The number of hydrogen-bond acceptors (Lipinski definition) is 5. The van der Waals surface area contributed by atoms with Gasteiger partial charge in [0.25, 0.3) is 0 Å². The highest BCUT2D eigenvalue weighted by Crippen LogP contribution is 2.41. The number of benzene rings is 1. The maximum atomic E-state index is 14.1. The molecule has 0 bridgehead atoms. The highest BCUT2D eigenvalue weighted by atomic mass is 35.5. The molecule has 0 aliphatic rings. The quantitative estimate of drug-likeness (QED) is 0.930. The van der Waals surface area contributed by atoms with Crippen LogP contribution in [0.25, 0.3) is 11.3 Å². The normalized spacial score (nSPS) is 10.4. The Hall–Kier alpha value is -1.95. The Morgan fingerprint density at radius 1 is 1.33 bits per heavy atom. The summed E-state index contributed by atoms with van der Waals surface area (Å²) in [5.41, 5.74) is 5.74. The van der Waals surface area contributed by atoms with Crippen LogP contribution in [-0.4, -0.2) is 19.4 Å². The van der Waals surface area contributed by atoms with Gasteiger partial charge >= 0.3 is 0 Å². The molecule has 0 aliphatic heterocycles. The van der Waals surface area contributed by atoms with Gasteiger partial charge in [-0.2, -0.15) is 0 Å². The van der Waals surface area contributed by atoms with Crippen molar-refractivity contribution in [2.45, 2.75) is 0 Å². The number of rotatable bonds is 3. The van der Waals surface area contributed by atoms with Gasteiger partial charge < -0.3 is 19.7 Å². The van der Waals surface area contributed by atoms with Gasteiger partial charge in [-0.05, 0) is 6.07 Å². The number of nitrogens with zero attached hydrogens (tertiary/aromatic N) is 1. The summed E-state index contributed by atoms with van der Waals surface area (Å²) < 4.78 is 28.8. The molecule has 5 nitrogen and oxygen atoms in total. The Labute approximate surface area is 107 Å². The second-order valence-electron chi connectivity index (χ2n) is 3.40. The van der Waals surface area contributed by atoms with E-state index >= 15 is 0 Å². The number of nitrogens with two attached hydrogens (primary N) is 1. The lowest BCUT2D eigenvalue weighted by Gasteiger charge is -2.11. The number of nitrogen functional groups attached to an aromatic ring is 1. The zero-order chi connectivity index (χ0) is 13.3. The Balaban J connectivity index is 2.65. The molecule has 1 heterocycles. The van der Waals surface area contributed by atoms with Crippen molar-refractivity contribution in [3.8, 4) is 22.8 Å². The van der Waals surface area contributed by atoms with E-state index in [0.717, 1.165) is 0 Å². The SMILES string of the molecule is COc1cc(-c2cc(N)on2)c(F)c(Cl)c1OC. The Bertz CT molecular complexity index is 586. The van der Waals surface area contributed by atoms with Gasteiger partial charge in [0, 0.05) is 11.6 Å². The number of ether oxygens (including phenoxy) is 2. The number of anilines is 1. The summed E-state index contributed by atoms with van der Waals surface area (Å²) in [6, 6.07) is 2.80. The lowest BCUT2D eigenvalue weighted by atomic mass is 10.1. The van der Waals surface area contributed by atoms with Crippen LogP contribution >= 0.6 is 11.6 Å². The molecule has 0 spiro atoms. The van der Waals surface area contributed by atoms with Gasteiger partial charge in [0.05, 0.1) is 14.2 Å². The molecular formula is C11H10ClFN2O3. The minimum Gasteiger partial charge on any atom is -0.493 e. The van der Waals surface area contributed by atoms with E-state index in [1.165, 1.54) is 26.4 Å². The Kier molecular flexibility index (Phi) is 3.29. The highest BCUT2D eigenvalue weighted by molar-refractivity contribution is 6.32. The van der Waals surface area contributed by atoms with Crippen molar-refractivity contribution in [1.29, 1.82) is 0 Å². The Morgan fingerprint density at radius 3 is 2.56 bits per heavy atom. The molecule has 2 rings (SSSR count). The molecule has 0 unspecified atom stereocenters. The van der Waals surface area contributed by atoms with Crippen LogP contribution in [0, 0.1) is 5.82 Å². The first-order valence-electron chi connectivity index (χ1n) is 4.91. The van der Waals surface area contributed by atoms with E-state index in [-0.39, 0.29) is 27.9 Å². The third-order valence-electron chi connectivity index (χ3n) is 2.36. The van der Waals surface area contributed by atoms with Crippen molar-refractivity contribution >= 4 is 17.5 Å². The number of methoxy groups -OCH3 is 2. The van der Waals surface area contributed by atoms with Gasteiger partial charge in [-0.3, -0.25) is 0 Å². The largest absolute Gasteiger partial charge is 0.493 e. The third-order valence-corrected chi connectivity index (χ3v) is 2.69. The topological polar surface area (TPSA) is 70.5 Å². The standard InChI is InChI=1S/C11H10ClFN2O3/c1-16-7-3-5(6-4-8(14)18-15-6)10(13)9(12)11(7)17-2/h3-4H,14H2,1-2H3. The fourth-order valence-corrected chi connectivity index (χ4v) is 1.80. The van der Waals surface area contributed by atoms with Crippen LogP contribution in [0.5, 0.6) is 11.5 Å². The predicted molar refractivity (Wildman–Crippen MR) is 64.4 cm³/mol. The van der Waals surface area contributed by atoms with Crippen LogP contribution in [-0.2, 0) is 0 Å². The molecule has 0 saturated carbocycles. The van der Waals surface area contributed by atoms with Gasteiger partial charge in [0.1, 0.15) is 10.7 Å². The molecule has 7 heteroatoms. The summed E-state index contributed by atoms with van der Waals surface area (Å²) in [5.74, 6) is -0.185. The van der Waals surface area contributed by atoms with E-state index in [0.29, 0.717) is 5.75 Å². The average Bonchev–Trinajstić information content (AvgIpc) is 2.78. The maximum absolute atomic E-state index is 14.1. The van der Waals surface area contributed by atoms with Crippen LogP contribution < -0.4 is 15.2 Å². The summed E-state index contributed by atoms with van der Waals surface area (Å²) in [6.45, 7) is 0. The van der Waals surface area contributed by atoms with E-state index in [1.807, 2.05) is 0 Å². The maximum Gasteiger partial charge on any atom is 0.222 e. The minimum atomic E-state index is -0.678. The third kappa shape index (κ3) is 1.95. The van der Waals surface area contributed by atoms with Crippen LogP contribution in [0.15, 0.2) is 16.7 Å². The number of hydrogen-bond donors (Lipinski definition) is 1. The molecule has 0 radical (unpaired) electrons. The lowest BCUT2D eigenvalue weighted by Crippen LogP contribution is -1.96. The first-order valence-corrected chi connectivity index (χ1v) is 5.28. The summed E-state index contributed by atoms with van der Waals surface area (Å²) in [4.78, 5) is 0. The predicted octanol–water partition coefficient (Wildman–Crippen LogP) is 2.73. The van der Waals surface area contributed by atoms with Gasteiger partial charge in [0.2, 0.25) is 5.88 Å². The van der Waals surface area contributed by atoms with Crippen LogP contribution in [0.3, 0.4) is 0 Å². The minimum absolute atomic E-state index is 0.0790. The highest BCUT2D eigenvalue weighted by Gasteiger charge is 2.21. The average molecular weight is 273 g/mol. The Morgan fingerprint density at radius 2 is 2.06 bits per heavy atom. The fourth-order valence-electron chi connectivity index (χ4n) is 1.53. The van der Waals surface area contributed by atoms with Crippen molar-refractivity contribution in [3.05, 3.63) is 23.0 Å². The van der Waals surface area contributed by atoms with Gasteiger partial charge in [-0.1, -0.05) is 16.8 Å². The number of aromatic nitrogens is 1. The van der Waals surface area contributed by atoms with Crippen LogP contribution in [0.4, 0.5) is 10.3 Å². The molecule has 1 aromatic carbocycles. The van der Waals surface area contributed by atoms with Crippen LogP contribution in [0.1, 0.15) is 0 Å². The van der Waals surface area contributed by atoms with E-state index in [9.17, 15) is 4.39 Å². The second-order valence-corrected chi connectivity index (χ2v) is 3.78. The summed E-state index contributed by atoms with van der Waals surface area (Å²) in [6.07, 6.45) is 0. The van der Waals surface area contributed by atoms with Crippen molar-refractivity contribution in [2.75, 3.05) is 20.0 Å². The zero-order valence-electron chi connectivity index (χ0n) is 9.66. The smallest absolute Gasteiger partial charge is 0.222 e. The van der Waals surface area contributed by atoms with Crippen molar-refractivity contribution in [3.63, 3.8) is 0 Å².